The van der Waals surface area contributed by atoms with Gasteiger partial charge in [-0.1, -0.05) is 37.6 Å². The maximum Gasteiger partial charge on any atom is 0.416 e. The smallest absolute Gasteiger partial charge is 0.416 e. The lowest BCUT2D eigenvalue weighted by molar-refractivity contribution is -0.138. The monoisotopic (exact) mass is 645 g/mol. The summed E-state index contributed by atoms with van der Waals surface area (Å²) in [4.78, 5) is 25.9. The summed E-state index contributed by atoms with van der Waals surface area (Å²) in [6.07, 6.45) is -9.34. The van der Waals surface area contributed by atoms with Gasteiger partial charge >= 0.3 is 24.4 Å². The third-order valence-electron chi connectivity index (χ3n) is 8.75. The minimum atomic E-state index is -4.66. The Kier molecular flexibility index (Phi) is 8.50. The average molecular weight is 646 g/mol. The fourth-order valence-electron chi connectivity index (χ4n) is 6.36. The van der Waals surface area contributed by atoms with Crippen LogP contribution in [0.3, 0.4) is 0 Å². The van der Waals surface area contributed by atoms with E-state index in [4.69, 9.17) is 4.74 Å². The molecule has 1 aliphatic carbocycles. The molecule has 3 aromatic carbocycles. The molecule has 244 valence electrons. The number of cyclic esters (lactones) is 1. The van der Waals surface area contributed by atoms with Crippen LogP contribution >= 0.6 is 0 Å². The number of nitrogens with zero attached hydrogens (tertiary/aromatic N) is 1. The summed E-state index contributed by atoms with van der Waals surface area (Å²) in [6, 6.07) is 12.2. The first-order valence-electron chi connectivity index (χ1n) is 14.8. The molecular formula is C35H33F6NO4. The SMILES string of the molecule is Cc1cc([C@H]2OC(=O)N(CC3=C(c4cc(-c5ccc(C(=O)O)cc5)cc(C(F)(F)F)c4)CCC(C)(C)C3)[C@H]2C)cc(C(F)(F)F)c1. The van der Waals surface area contributed by atoms with Gasteiger partial charge in [-0.15, -0.1) is 0 Å². The number of amides is 1. The molecule has 2 atom stereocenters. The summed E-state index contributed by atoms with van der Waals surface area (Å²) < 4.78 is 88.7. The molecule has 5 nitrogen and oxygen atoms in total. The number of hydrogen-bond donors (Lipinski definition) is 1. The highest BCUT2D eigenvalue weighted by Gasteiger charge is 2.42. The van der Waals surface area contributed by atoms with Crippen LogP contribution in [-0.4, -0.2) is 34.7 Å². The lowest BCUT2D eigenvalue weighted by Gasteiger charge is -2.35. The Morgan fingerprint density at radius 1 is 0.913 bits per heavy atom. The van der Waals surface area contributed by atoms with Crippen LogP contribution in [-0.2, 0) is 17.1 Å². The zero-order chi connectivity index (χ0) is 33.8. The van der Waals surface area contributed by atoms with Gasteiger partial charge < -0.3 is 9.84 Å². The van der Waals surface area contributed by atoms with Gasteiger partial charge in [0, 0.05) is 6.54 Å². The number of allylic oxidation sites excluding steroid dienone is 1. The van der Waals surface area contributed by atoms with Gasteiger partial charge in [-0.3, -0.25) is 4.90 Å². The van der Waals surface area contributed by atoms with Crippen molar-refractivity contribution in [1.29, 1.82) is 0 Å². The van der Waals surface area contributed by atoms with Gasteiger partial charge in [0.05, 0.1) is 22.7 Å². The quantitative estimate of drug-likeness (QED) is 0.271. The van der Waals surface area contributed by atoms with Gasteiger partial charge in [-0.2, -0.15) is 26.3 Å². The zero-order valence-electron chi connectivity index (χ0n) is 25.6. The third kappa shape index (κ3) is 6.93. The Morgan fingerprint density at radius 3 is 2.13 bits per heavy atom. The normalized spacial score (nSPS) is 20.2. The van der Waals surface area contributed by atoms with Crippen LogP contribution < -0.4 is 0 Å². The van der Waals surface area contributed by atoms with E-state index in [0.717, 1.165) is 29.8 Å². The summed E-state index contributed by atoms with van der Waals surface area (Å²) in [5, 5.41) is 9.24. The Hall–Kier alpha value is -4.28. The van der Waals surface area contributed by atoms with Gasteiger partial charge in [-0.05, 0) is 114 Å². The molecule has 11 heteroatoms. The number of benzene rings is 3. The number of carboxylic acids is 1. The average Bonchev–Trinajstić information content (AvgIpc) is 3.24. The summed E-state index contributed by atoms with van der Waals surface area (Å²) in [5.41, 5.74) is 1.05. The molecule has 1 aliphatic heterocycles. The summed E-state index contributed by atoms with van der Waals surface area (Å²) in [7, 11) is 0. The molecule has 0 bridgehead atoms. The van der Waals surface area contributed by atoms with Crippen molar-refractivity contribution in [3.05, 3.63) is 99.6 Å². The molecule has 0 radical (unpaired) electrons. The first-order chi connectivity index (χ1) is 21.3. The van der Waals surface area contributed by atoms with Crippen molar-refractivity contribution in [1.82, 2.24) is 4.90 Å². The van der Waals surface area contributed by atoms with E-state index in [-0.39, 0.29) is 28.7 Å². The molecule has 1 saturated heterocycles. The van der Waals surface area contributed by atoms with Crippen molar-refractivity contribution in [2.75, 3.05) is 6.54 Å². The van der Waals surface area contributed by atoms with Crippen LogP contribution in [0.15, 0.2) is 66.2 Å². The molecule has 0 unspecified atom stereocenters. The number of ether oxygens (including phenoxy) is 1. The van der Waals surface area contributed by atoms with Crippen LogP contribution in [0.5, 0.6) is 0 Å². The molecule has 1 amide bonds. The van der Waals surface area contributed by atoms with E-state index in [2.05, 4.69) is 0 Å². The minimum absolute atomic E-state index is 0.000623. The second-order valence-corrected chi connectivity index (χ2v) is 12.9. The molecule has 46 heavy (non-hydrogen) atoms. The molecule has 1 N–H and O–H groups in total. The second kappa shape index (κ2) is 11.8. The summed E-state index contributed by atoms with van der Waals surface area (Å²) in [6.45, 7) is 7.31. The van der Waals surface area contributed by atoms with E-state index in [9.17, 15) is 41.0 Å². The number of rotatable bonds is 6. The Labute approximate surface area is 262 Å². The highest BCUT2D eigenvalue weighted by Crippen LogP contribution is 2.46. The Morgan fingerprint density at radius 2 is 1.52 bits per heavy atom. The number of aryl methyl sites for hydroxylation is 1. The van der Waals surface area contributed by atoms with Gasteiger partial charge in [0.15, 0.2) is 0 Å². The molecule has 3 aromatic rings. The van der Waals surface area contributed by atoms with Gasteiger partial charge in [0.1, 0.15) is 6.10 Å². The van der Waals surface area contributed by atoms with Crippen LogP contribution in [0.4, 0.5) is 31.1 Å². The lowest BCUT2D eigenvalue weighted by atomic mass is 9.72. The van der Waals surface area contributed by atoms with E-state index < -0.39 is 47.7 Å². The van der Waals surface area contributed by atoms with Crippen molar-refractivity contribution < 1.29 is 45.8 Å². The van der Waals surface area contributed by atoms with E-state index in [0.29, 0.717) is 41.5 Å². The van der Waals surface area contributed by atoms with Crippen molar-refractivity contribution in [2.24, 2.45) is 5.41 Å². The van der Waals surface area contributed by atoms with Crippen LogP contribution in [0, 0.1) is 12.3 Å². The number of halogens is 6. The molecule has 0 aromatic heterocycles. The molecule has 1 heterocycles. The van der Waals surface area contributed by atoms with Crippen LogP contribution in [0.2, 0.25) is 0 Å². The van der Waals surface area contributed by atoms with E-state index in [1.807, 2.05) is 13.8 Å². The summed E-state index contributed by atoms with van der Waals surface area (Å²) >= 11 is 0. The zero-order valence-corrected chi connectivity index (χ0v) is 25.6. The van der Waals surface area contributed by atoms with Crippen LogP contribution in [0.1, 0.15) is 84.3 Å². The molecule has 0 saturated carbocycles. The predicted molar refractivity (Wildman–Crippen MR) is 160 cm³/mol. The molecule has 1 fully saturated rings. The topological polar surface area (TPSA) is 66.8 Å². The first kappa shape index (κ1) is 33.1. The van der Waals surface area contributed by atoms with E-state index >= 15 is 0 Å². The Balaban J connectivity index is 1.55. The van der Waals surface area contributed by atoms with Crippen molar-refractivity contribution in [3.8, 4) is 11.1 Å². The number of carbonyl (C=O) groups excluding carboxylic acids is 1. The van der Waals surface area contributed by atoms with E-state index in [1.165, 1.54) is 36.1 Å². The number of carboxylic acid groups (broad SMARTS) is 1. The number of aromatic carboxylic acids is 1. The van der Waals surface area contributed by atoms with E-state index in [1.54, 1.807) is 19.1 Å². The number of hydrogen-bond acceptors (Lipinski definition) is 3. The maximum absolute atomic E-state index is 14.2. The van der Waals surface area contributed by atoms with Crippen molar-refractivity contribution in [2.45, 2.75) is 71.5 Å². The predicted octanol–water partition coefficient (Wildman–Crippen LogP) is 9.94. The minimum Gasteiger partial charge on any atom is -0.478 e. The van der Waals surface area contributed by atoms with Crippen molar-refractivity contribution >= 4 is 17.6 Å². The highest BCUT2D eigenvalue weighted by molar-refractivity contribution is 5.88. The fraction of sp³-hybridized carbons (Fsp3) is 0.371. The second-order valence-electron chi connectivity index (χ2n) is 12.9. The number of alkyl halides is 6. The van der Waals surface area contributed by atoms with Crippen LogP contribution in [0.25, 0.3) is 16.7 Å². The van der Waals surface area contributed by atoms with Gasteiger partial charge in [-0.25, -0.2) is 9.59 Å². The molecule has 0 spiro atoms. The maximum atomic E-state index is 14.2. The van der Waals surface area contributed by atoms with Crippen molar-refractivity contribution in [3.63, 3.8) is 0 Å². The van der Waals surface area contributed by atoms with Gasteiger partial charge in [0.25, 0.3) is 0 Å². The molecular weight excluding hydrogens is 612 g/mol. The molecule has 5 rings (SSSR count). The third-order valence-corrected chi connectivity index (χ3v) is 8.75. The lowest BCUT2D eigenvalue weighted by Crippen LogP contribution is -2.35. The largest absolute Gasteiger partial charge is 0.478 e. The summed E-state index contributed by atoms with van der Waals surface area (Å²) in [5.74, 6) is -1.16. The number of carbonyl (C=O) groups is 2. The molecule has 2 aliphatic rings. The Bertz CT molecular complexity index is 1710. The van der Waals surface area contributed by atoms with Gasteiger partial charge in [0.2, 0.25) is 0 Å². The highest BCUT2D eigenvalue weighted by atomic mass is 19.4. The first-order valence-corrected chi connectivity index (χ1v) is 14.8. The standard InChI is InChI=1S/C35H33F6NO4/c1-19-11-25(16-27(12-19)34(36,37)38)30-20(2)42(32(45)46-30)18-26-17-33(3,4)10-9-29(26)24-13-23(14-28(15-24)35(39,40)41)21-5-7-22(8-6-21)31(43)44/h5-8,11-16,20,30H,9-10,17-18H2,1-4H3,(H,43,44)/t20-,30-/m0/s1. The fourth-order valence-corrected chi connectivity index (χ4v) is 6.36.